The van der Waals surface area contributed by atoms with Gasteiger partial charge in [0.2, 0.25) is 0 Å². The van der Waals surface area contributed by atoms with Crippen molar-refractivity contribution in [3.8, 4) is 11.5 Å². The van der Waals surface area contributed by atoms with E-state index in [1.54, 1.807) is 48.5 Å². The minimum Gasteiger partial charge on any atom is -0.495 e. The zero-order chi connectivity index (χ0) is 18.2. The first kappa shape index (κ1) is 18.6. The first-order valence-electron chi connectivity index (χ1n) is 7.51. The van der Waals surface area contributed by atoms with Gasteiger partial charge < -0.3 is 19.5 Å². The highest BCUT2D eigenvalue weighted by Crippen LogP contribution is 2.22. The molecule has 2 rings (SSSR count). The number of anilines is 1. The van der Waals surface area contributed by atoms with E-state index >= 15 is 0 Å². The molecule has 0 aliphatic carbocycles. The molecule has 0 unspecified atom stereocenters. The average molecular weight is 364 g/mol. The van der Waals surface area contributed by atoms with Crippen LogP contribution in [0.2, 0.25) is 5.02 Å². The predicted molar refractivity (Wildman–Crippen MR) is 94.1 cm³/mol. The molecule has 0 aromatic heterocycles. The Morgan fingerprint density at radius 3 is 2.48 bits per heavy atom. The van der Waals surface area contributed by atoms with E-state index in [2.05, 4.69) is 5.32 Å². The number of amides is 1. The Balaban J connectivity index is 1.82. The number of hydrogen-bond acceptors (Lipinski definition) is 5. The third-order valence-corrected chi connectivity index (χ3v) is 3.44. The fourth-order valence-corrected chi connectivity index (χ4v) is 2.08. The summed E-state index contributed by atoms with van der Waals surface area (Å²) >= 11 is 5.78. The third-order valence-electron chi connectivity index (χ3n) is 3.19. The van der Waals surface area contributed by atoms with E-state index in [9.17, 15) is 9.59 Å². The van der Waals surface area contributed by atoms with Gasteiger partial charge in [0.15, 0.2) is 12.7 Å². The van der Waals surface area contributed by atoms with Gasteiger partial charge in [-0.15, -0.1) is 0 Å². The zero-order valence-electron chi connectivity index (χ0n) is 13.8. The van der Waals surface area contributed by atoms with Crippen molar-refractivity contribution in [2.75, 3.05) is 19.0 Å². The molecule has 0 radical (unpaired) electrons. The largest absolute Gasteiger partial charge is 0.495 e. The fraction of sp³-hybridized carbons (Fsp3) is 0.222. The van der Waals surface area contributed by atoms with E-state index in [0.717, 1.165) is 0 Å². The molecule has 0 spiro atoms. The standard InChI is InChI=1S/C18H18ClNO5/c1-12(25-14-9-7-13(19)8-10-14)18(22)24-11-17(21)20-15-5-3-4-6-16(15)23-2/h3-10,12H,11H2,1-2H3,(H,20,21)/t12-/m1/s1. The fourth-order valence-electron chi connectivity index (χ4n) is 1.95. The summed E-state index contributed by atoms with van der Waals surface area (Å²) in [6.07, 6.45) is -0.861. The minimum atomic E-state index is -0.861. The number of carbonyl (C=O) groups is 2. The molecule has 0 aliphatic rings. The van der Waals surface area contributed by atoms with Gasteiger partial charge in [-0.1, -0.05) is 23.7 Å². The number of carbonyl (C=O) groups excluding carboxylic acids is 2. The van der Waals surface area contributed by atoms with E-state index in [1.807, 2.05) is 0 Å². The number of rotatable bonds is 7. The first-order valence-corrected chi connectivity index (χ1v) is 7.89. The predicted octanol–water partition coefficient (Wildman–Crippen LogP) is 3.30. The van der Waals surface area contributed by atoms with E-state index in [4.69, 9.17) is 25.8 Å². The molecule has 25 heavy (non-hydrogen) atoms. The summed E-state index contributed by atoms with van der Waals surface area (Å²) in [7, 11) is 1.50. The number of para-hydroxylation sites is 2. The maximum atomic E-state index is 11.9. The molecular formula is C18H18ClNO5. The lowest BCUT2D eigenvalue weighted by Crippen LogP contribution is -2.29. The zero-order valence-corrected chi connectivity index (χ0v) is 14.6. The van der Waals surface area contributed by atoms with Crippen molar-refractivity contribution in [3.05, 3.63) is 53.6 Å². The van der Waals surface area contributed by atoms with Crippen LogP contribution in [0.25, 0.3) is 0 Å². The van der Waals surface area contributed by atoms with Gasteiger partial charge in [0.25, 0.3) is 5.91 Å². The number of esters is 1. The van der Waals surface area contributed by atoms with Crippen LogP contribution in [0, 0.1) is 0 Å². The van der Waals surface area contributed by atoms with Gasteiger partial charge in [-0.3, -0.25) is 4.79 Å². The van der Waals surface area contributed by atoms with Crippen molar-refractivity contribution in [1.29, 1.82) is 0 Å². The summed E-state index contributed by atoms with van der Waals surface area (Å²) in [5.74, 6) is -0.129. The van der Waals surface area contributed by atoms with Crippen molar-refractivity contribution < 1.29 is 23.8 Å². The van der Waals surface area contributed by atoms with Gasteiger partial charge in [0, 0.05) is 5.02 Å². The van der Waals surface area contributed by atoms with Crippen LogP contribution in [0.1, 0.15) is 6.92 Å². The minimum absolute atomic E-state index is 0.425. The Hall–Kier alpha value is -2.73. The molecule has 0 fully saturated rings. The van der Waals surface area contributed by atoms with E-state index in [1.165, 1.54) is 14.0 Å². The van der Waals surface area contributed by atoms with Crippen LogP contribution in [0.4, 0.5) is 5.69 Å². The van der Waals surface area contributed by atoms with Gasteiger partial charge in [-0.25, -0.2) is 4.79 Å². The Morgan fingerprint density at radius 1 is 1.12 bits per heavy atom. The van der Waals surface area contributed by atoms with Crippen LogP contribution >= 0.6 is 11.6 Å². The van der Waals surface area contributed by atoms with Gasteiger partial charge in [0.1, 0.15) is 11.5 Å². The van der Waals surface area contributed by atoms with Gasteiger partial charge in [-0.2, -0.15) is 0 Å². The van der Waals surface area contributed by atoms with E-state index in [-0.39, 0.29) is 0 Å². The van der Waals surface area contributed by atoms with E-state index < -0.39 is 24.6 Å². The number of halogens is 1. The number of benzene rings is 2. The van der Waals surface area contributed by atoms with Crippen LogP contribution in [-0.2, 0) is 14.3 Å². The quantitative estimate of drug-likeness (QED) is 0.764. The van der Waals surface area contributed by atoms with Gasteiger partial charge in [-0.05, 0) is 43.3 Å². The highest BCUT2D eigenvalue weighted by atomic mass is 35.5. The molecule has 1 N–H and O–H groups in total. The van der Waals surface area contributed by atoms with Crippen molar-refractivity contribution in [2.45, 2.75) is 13.0 Å². The second-order valence-corrected chi connectivity index (χ2v) is 5.51. The molecule has 1 atom stereocenters. The normalized spacial score (nSPS) is 11.3. The van der Waals surface area contributed by atoms with Crippen LogP contribution in [0.3, 0.4) is 0 Å². The van der Waals surface area contributed by atoms with Crippen molar-refractivity contribution in [2.24, 2.45) is 0 Å². The van der Waals surface area contributed by atoms with Crippen LogP contribution in [-0.4, -0.2) is 31.7 Å². The Bertz CT molecular complexity index is 733. The molecule has 6 nitrogen and oxygen atoms in total. The van der Waals surface area contributed by atoms with Crippen molar-refractivity contribution >= 4 is 29.2 Å². The molecular weight excluding hydrogens is 346 g/mol. The highest BCUT2D eigenvalue weighted by molar-refractivity contribution is 6.30. The molecule has 0 bridgehead atoms. The summed E-state index contributed by atoms with van der Waals surface area (Å²) in [6.45, 7) is 1.11. The second kappa shape index (κ2) is 8.94. The molecule has 7 heteroatoms. The first-order chi connectivity index (χ1) is 12.0. The number of methoxy groups -OCH3 is 1. The third kappa shape index (κ3) is 5.69. The summed E-state index contributed by atoms with van der Waals surface area (Å²) in [5.41, 5.74) is 0.497. The maximum absolute atomic E-state index is 11.9. The monoisotopic (exact) mass is 363 g/mol. The highest BCUT2D eigenvalue weighted by Gasteiger charge is 2.18. The molecule has 132 valence electrons. The Labute approximate surface area is 150 Å². The molecule has 0 heterocycles. The Kier molecular flexibility index (Phi) is 6.65. The second-order valence-electron chi connectivity index (χ2n) is 5.07. The van der Waals surface area contributed by atoms with Crippen LogP contribution in [0.5, 0.6) is 11.5 Å². The van der Waals surface area contributed by atoms with Crippen LogP contribution in [0.15, 0.2) is 48.5 Å². The average Bonchev–Trinajstić information content (AvgIpc) is 2.62. The molecule has 2 aromatic rings. The maximum Gasteiger partial charge on any atom is 0.347 e. The molecule has 1 amide bonds. The molecule has 0 aliphatic heterocycles. The Morgan fingerprint density at radius 2 is 1.80 bits per heavy atom. The van der Waals surface area contributed by atoms with Crippen molar-refractivity contribution in [1.82, 2.24) is 0 Å². The number of nitrogens with one attached hydrogen (secondary N) is 1. The summed E-state index contributed by atoms with van der Waals surface area (Å²) in [4.78, 5) is 23.8. The lowest BCUT2D eigenvalue weighted by molar-refractivity contribution is -0.153. The van der Waals surface area contributed by atoms with Gasteiger partial charge >= 0.3 is 5.97 Å². The SMILES string of the molecule is COc1ccccc1NC(=O)COC(=O)[C@@H](C)Oc1ccc(Cl)cc1. The summed E-state index contributed by atoms with van der Waals surface area (Å²) in [5, 5.41) is 3.18. The molecule has 0 saturated carbocycles. The summed E-state index contributed by atoms with van der Waals surface area (Å²) < 4.78 is 15.5. The number of hydrogen-bond donors (Lipinski definition) is 1. The topological polar surface area (TPSA) is 73.9 Å². The lowest BCUT2D eigenvalue weighted by Gasteiger charge is -2.14. The molecule has 2 aromatic carbocycles. The van der Waals surface area contributed by atoms with Crippen LogP contribution < -0.4 is 14.8 Å². The van der Waals surface area contributed by atoms with Crippen molar-refractivity contribution in [3.63, 3.8) is 0 Å². The van der Waals surface area contributed by atoms with E-state index in [0.29, 0.717) is 22.2 Å². The molecule has 0 saturated heterocycles. The van der Waals surface area contributed by atoms with Gasteiger partial charge in [0.05, 0.1) is 12.8 Å². The summed E-state index contributed by atoms with van der Waals surface area (Å²) in [6, 6.07) is 13.5. The lowest BCUT2D eigenvalue weighted by atomic mass is 10.3. The smallest absolute Gasteiger partial charge is 0.347 e. The number of ether oxygens (including phenoxy) is 3.